The number of hydrogen-bond acceptors (Lipinski definition) is 5. The molecule has 1 amide bonds. The largest absolute Gasteiger partial charge is 0.399 e. The van der Waals surface area contributed by atoms with Gasteiger partial charge in [-0.25, -0.2) is 0 Å². The van der Waals surface area contributed by atoms with Crippen LogP contribution in [-0.2, 0) is 4.79 Å². The Morgan fingerprint density at radius 2 is 2.00 bits per heavy atom. The summed E-state index contributed by atoms with van der Waals surface area (Å²) >= 11 is 1.39. The molecule has 0 aliphatic heterocycles. The molecule has 0 unspecified atom stereocenters. The Morgan fingerprint density at radius 3 is 2.60 bits per heavy atom. The third-order valence-corrected chi connectivity index (χ3v) is 3.67. The number of amides is 1. The van der Waals surface area contributed by atoms with E-state index in [9.17, 15) is 4.79 Å². The standard InChI is InChI=1S/C14H16N4OS/c1-9(2)13-17-18-14(20-13)16-12(19)8-5-10-3-6-11(15)7-4-10/h3-9H,15H2,1-2H3,(H,16,18,19)/b8-5+. The molecule has 0 atom stereocenters. The fraction of sp³-hybridized carbons (Fsp3) is 0.214. The minimum atomic E-state index is -0.228. The predicted octanol–water partition coefficient (Wildman–Crippen LogP) is 2.90. The highest BCUT2D eigenvalue weighted by Gasteiger charge is 2.08. The highest BCUT2D eigenvalue weighted by Crippen LogP contribution is 2.22. The number of hydrogen-bond donors (Lipinski definition) is 2. The molecule has 1 aromatic carbocycles. The van der Waals surface area contributed by atoms with Crippen molar-refractivity contribution in [2.75, 3.05) is 11.1 Å². The average molecular weight is 288 g/mol. The van der Waals surface area contributed by atoms with Crippen LogP contribution < -0.4 is 11.1 Å². The van der Waals surface area contributed by atoms with Crippen LogP contribution in [0, 0.1) is 0 Å². The van der Waals surface area contributed by atoms with Crippen LogP contribution >= 0.6 is 11.3 Å². The quantitative estimate of drug-likeness (QED) is 0.669. The zero-order valence-electron chi connectivity index (χ0n) is 11.3. The van der Waals surface area contributed by atoms with Crippen LogP contribution in [0.15, 0.2) is 30.3 Å². The van der Waals surface area contributed by atoms with Crippen molar-refractivity contribution in [2.24, 2.45) is 0 Å². The molecule has 1 heterocycles. The smallest absolute Gasteiger partial charge is 0.250 e. The molecule has 0 saturated carbocycles. The Labute approximate surface area is 121 Å². The van der Waals surface area contributed by atoms with Crippen LogP contribution in [0.3, 0.4) is 0 Å². The number of anilines is 2. The van der Waals surface area contributed by atoms with E-state index in [-0.39, 0.29) is 5.91 Å². The van der Waals surface area contributed by atoms with Crippen LogP contribution in [-0.4, -0.2) is 16.1 Å². The maximum Gasteiger partial charge on any atom is 0.250 e. The minimum absolute atomic E-state index is 0.228. The Kier molecular flexibility index (Phi) is 4.47. The number of aromatic nitrogens is 2. The zero-order chi connectivity index (χ0) is 14.5. The molecular formula is C14H16N4OS. The van der Waals surface area contributed by atoms with Gasteiger partial charge in [0.1, 0.15) is 5.01 Å². The van der Waals surface area contributed by atoms with Crippen molar-refractivity contribution in [2.45, 2.75) is 19.8 Å². The molecular weight excluding hydrogens is 272 g/mol. The second kappa shape index (κ2) is 6.29. The van der Waals surface area contributed by atoms with Crippen molar-refractivity contribution < 1.29 is 4.79 Å². The fourth-order valence-corrected chi connectivity index (χ4v) is 2.19. The van der Waals surface area contributed by atoms with Crippen LogP contribution in [0.4, 0.5) is 10.8 Å². The van der Waals surface area contributed by atoms with Gasteiger partial charge in [0.15, 0.2) is 0 Å². The van der Waals surface area contributed by atoms with Gasteiger partial charge in [-0.15, -0.1) is 10.2 Å². The summed E-state index contributed by atoms with van der Waals surface area (Å²) in [6.07, 6.45) is 3.18. The maximum absolute atomic E-state index is 11.7. The molecule has 0 aliphatic carbocycles. The van der Waals surface area contributed by atoms with Crippen LogP contribution in [0.2, 0.25) is 0 Å². The van der Waals surface area contributed by atoms with Gasteiger partial charge in [0, 0.05) is 17.7 Å². The number of nitrogens with zero attached hydrogens (tertiary/aromatic N) is 2. The molecule has 104 valence electrons. The Morgan fingerprint density at radius 1 is 1.30 bits per heavy atom. The molecule has 5 nitrogen and oxygen atoms in total. The fourth-order valence-electron chi connectivity index (χ4n) is 1.44. The topological polar surface area (TPSA) is 80.9 Å². The summed E-state index contributed by atoms with van der Waals surface area (Å²) in [7, 11) is 0. The number of benzene rings is 1. The van der Waals surface area contributed by atoms with Crippen molar-refractivity contribution in [1.82, 2.24) is 10.2 Å². The van der Waals surface area contributed by atoms with Crippen molar-refractivity contribution in [3.63, 3.8) is 0 Å². The molecule has 20 heavy (non-hydrogen) atoms. The van der Waals surface area contributed by atoms with Gasteiger partial charge in [-0.3, -0.25) is 10.1 Å². The molecule has 0 aliphatic rings. The van der Waals surface area contributed by atoms with Crippen LogP contribution in [0.25, 0.3) is 6.08 Å². The molecule has 0 fully saturated rings. The monoisotopic (exact) mass is 288 g/mol. The summed E-state index contributed by atoms with van der Waals surface area (Å²) in [6.45, 7) is 4.07. The third kappa shape index (κ3) is 3.89. The number of carbonyl (C=O) groups is 1. The summed E-state index contributed by atoms with van der Waals surface area (Å²) in [5.41, 5.74) is 7.20. The molecule has 0 spiro atoms. The van der Waals surface area contributed by atoms with E-state index in [1.807, 2.05) is 26.0 Å². The van der Waals surface area contributed by atoms with Gasteiger partial charge in [-0.2, -0.15) is 0 Å². The van der Waals surface area contributed by atoms with Gasteiger partial charge in [0.05, 0.1) is 0 Å². The van der Waals surface area contributed by atoms with E-state index in [0.29, 0.717) is 16.7 Å². The summed E-state index contributed by atoms with van der Waals surface area (Å²) < 4.78 is 0. The van der Waals surface area contributed by atoms with Gasteiger partial charge in [0.2, 0.25) is 11.0 Å². The second-order valence-electron chi connectivity index (χ2n) is 4.59. The van der Waals surface area contributed by atoms with Crippen molar-refractivity contribution >= 4 is 34.1 Å². The molecule has 0 saturated heterocycles. The van der Waals surface area contributed by atoms with Crippen molar-refractivity contribution in [3.8, 4) is 0 Å². The molecule has 0 radical (unpaired) electrons. The zero-order valence-corrected chi connectivity index (χ0v) is 12.1. The minimum Gasteiger partial charge on any atom is -0.399 e. The Balaban J connectivity index is 1.96. The van der Waals surface area contributed by atoms with E-state index in [4.69, 9.17) is 5.73 Å². The Hall–Kier alpha value is -2.21. The molecule has 2 aromatic rings. The summed E-state index contributed by atoms with van der Waals surface area (Å²) in [5, 5.41) is 12.1. The maximum atomic E-state index is 11.7. The van der Waals surface area contributed by atoms with E-state index in [2.05, 4.69) is 15.5 Å². The number of rotatable bonds is 4. The van der Waals surface area contributed by atoms with Gasteiger partial charge in [-0.1, -0.05) is 37.3 Å². The summed E-state index contributed by atoms with van der Waals surface area (Å²) in [6, 6.07) is 7.27. The lowest BCUT2D eigenvalue weighted by Crippen LogP contribution is -2.07. The number of nitrogens with one attached hydrogen (secondary N) is 1. The predicted molar refractivity (Wildman–Crippen MR) is 82.5 cm³/mol. The van der Waals surface area contributed by atoms with E-state index >= 15 is 0 Å². The number of nitrogens with two attached hydrogens (primary N) is 1. The second-order valence-corrected chi connectivity index (χ2v) is 5.60. The van der Waals surface area contributed by atoms with Crippen LogP contribution in [0.5, 0.6) is 0 Å². The lowest BCUT2D eigenvalue weighted by molar-refractivity contribution is -0.111. The first-order chi connectivity index (χ1) is 9.54. The first-order valence-electron chi connectivity index (χ1n) is 6.22. The highest BCUT2D eigenvalue weighted by atomic mass is 32.1. The number of carbonyl (C=O) groups excluding carboxylic acids is 1. The van der Waals surface area contributed by atoms with Gasteiger partial charge in [0.25, 0.3) is 0 Å². The van der Waals surface area contributed by atoms with Gasteiger partial charge in [-0.05, 0) is 23.8 Å². The molecule has 2 rings (SSSR count). The normalized spacial score (nSPS) is 11.2. The van der Waals surface area contributed by atoms with E-state index in [0.717, 1.165) is 10.6 Å². The van der Waals surface area contributed by atoms with Gasteiger partial charge >= 0.3 is 0 Å². The molecule has 3 N–H and O–H groups in total. The molecule has 1 aromatic heterocycles. The molecule has 6 heteroatoms. The van der Waals surface area contributed by atoms with E-state index in [1.165, 1.54) is 17.4 Å². The third-order valence-electron chi connectivity index (χ3n) is 2.53. The lowest BCUT2D eigenvalue weighted by Gasteiger charge is -1.97. The highest BCUT2D eigenvalue weighted by molar-refractivity contribution is 7.15. The SMILES string of the molecule is CC(C)c1nnc(NC(=O)/C=C/c2ccc(N)cc2)s1. The average Bonchev–Trinajstić information content (AvgIpc) is 2.87. The Bertz CT molecular complexity index is 616. The first kappa shape index (κ1) is 14.2. The summed E-state index contributed by atoms with van der Waals surface area (Å²) in [5.74, 6) is 0.0803. The van der Waals surface area contributed by atoms with E-state index in [1.54, 1.807) is 18.2 Å². The van der Waals surface area contributed by atoms with Crippen molar-refractivity contribution in [1.29, 1.82) is 0 Å². The van der Waals surface area contributed by atoms with Gasteiger partial charge < -0.3 is 5.73 Å². The molecule has 0 bridgehead atoms. The van der Waals surface area contributed by atoms with Crippen LogP contribution in [0.1, 0.15) is 30.3 Å². The number of nitrogen functional groups attached to an aromatic ring is 1. The van der Waals surface area contributed by atoms with Crippen molar-refractivity contribution in [3.05, 3.63) is 40.9 Å². The lowest BCUT2D eigenvalue weighted by atomic mass is 10.2. The van der Waals surface area contributed by atoms with E-state index < -0.39 is 0 Å². The first-order valence-corrected chi connectivity index (χ1v) is 7.04. The summed E-state index contributed by atoms with van der Waals surface area (Å²) in [4.78, 5) is 11.7.